The molecular formula is C18H16F2N2O. The van der Waals surface area contributed by atoms with Gasteiger partial charge in [0, 0.05) is 30.6 Å². The molecular weight excluding hydrogens is 298 g/mol. The van der Waals surface area contributed by atoms with Gasteiger partial charge in [-0.05, 0) is 31.2 Å². The molecule has 0 saturated carbocycles. The minimum atomic E-state index is -0.315. The van der Waals surface area contributed by atoms with Gasteiger partial charge >= 0.3 is 0 Å². The summed E-state index contributed by atoms with van der Waals surface area (Å²) in [5, 5.41) is 0. The van der Waals surface area contributed by atoms with Gasteiger partial charge in [-0.2, -0.15) is 0 Å². The minimum Gasteiger partial charge on any atom is -0.440 e. The van der Waals surface area contributed by atoms with E-state index in [0.717, 1.165) is 19.5 Å². The number of halogens is 2. The Labute approximate surface area is 132 Å². The zero-order valence-corrected chi connectivity index (χ0v) is 12.5. The second-order valence-electron chi connectivity index (χ2n) is 5.98. The number of fused-ring (bicyclic) bond motifs is 1. The zero-order valence-electron chi connectivity index (χ0n) is 12.5. The van der Waals surface area contributed by atoms with Crippen molar-refractivity contribution in [2.45, 2.75) is 18.9 Å². The first-order valence-electron chi connectivity index (χ1n) is 7.71. The lowest BCUT2D eigenvalue weighted by atomic mass is 10.1. The van der Waals surface area contributed by atoms with Crippen LogP contribution in [0.3, 0.4) is 0 Å². The summed E-state index contributed by atoms with van der Waals surface area (Å²) >= 11 is 0. The van der Waals surface area contributed by atoms with Gasteiger partial charge in [0.05, 0.1) is 0 Å². The van der Waals surface area contributed by atoms with Crippen LogP contribution in [0.5, 0.6) is 0 Å². The highest BCUT2D eigenvalue weighted by Gasteiger charge is 2.28. The molecule has 2 heterocycles. The quantitative estimate of drug-likeness (QED) is 0.729. The van der Waals surface area contributed by atoms with Gasteiger partial charge in [0.15, 0.2) is 11.5 Å². The number of rotatable bonds is 3. The van der Waals surface area contributed by atoms with E-state index in [0.29, 0.717) is 29.1 Å². The van der Waals surface area contributed by atoms with E-state index in [9.17, 15) is 8.78 Å². The van der Waals surface area contributed by atoms with Crippen LogP contribution in [0, 0.1) is 11.6 Å². The maximum Gasteiger partial charge on any atom is 0.199 e. The molecule has 3 nitrogen and oxygen atoms in total. The van der Waals surface area contributed by atoms with Gasteiger partial charge in [0.1, 0.15) is 17.2 Å². The Balaban J connectivity index is 1.50. The van der Waals surface area contributed by atoms with Crippen LogP contribution in [0.4, 0.5) is 8.78 Å². The molecule has 1 aliphatic heterocycles. The molecule has 1 unspecified atom stereocenters. The number of benzene rings is 2. The van der Waals surface area contributed by atoms with E-state index in [1.165, 1.54) is 18.2 Å². The molecule has 5 heteroatoms. The van der Waals surface area contributed by atoms with Crippen molar-refractivity contribution in [2.24, 2.45) is 0 Å². The molecule has 1 saturated heterocycles. The van der Waals surface area contributed by atoms with Gasteiger partial charge in [0.2, 0.25) is 0 Å². The van der Waals surface area contributed by atoms with Crippen molar-refractivity contribution in [2.75, 3.05) is 13.1 Å². The highest BCUT2D eigenvalue weighted by atomic mass is 19.1. The van der Waals surface area contributed by atoms with Crippen molar-refractivity contribution >= 4 is 11.1 Å². The van der Waals surface area contributed by atoms with Crippen LogP contribution in [0.2, 0.25) is 0 Å². The van der Waals surface area contributed by atoms with Crippen LogP contribution in [0.15, 0.2) is 46.9 Å². The Morgan fingerprint density at radius 3 is 2.91 bits per heavy atom. The normalized spacial score (nSPS) is 18.8. The van der Waals surface area contributed by atoms with Crippen LogP contribution in [0.25, 0.3) is 11.1 Å². The van der Waals surface area contributed by atoms with E-state index in [-0.39, 0.29) is 17.6 Å². The number of hydrogen-bond acceptors (Lipinski definition) is 3. The topological polar surface area (TPSA) is 29.3 Å². The van der Waals surface area contributed by atoms with E-state index >= 15 is 0 Å². The molecule has 0 amide bonds. The summed E-state index contributed by atoms with van der Waals surface area (Å²) in [4.78, 5) is 6.60. The lowest BCUT2D eigenvalue weighted by molar-refractivity contribution is 0.315. The average molecular weight is 314 g/mol. The summed E-state index contributed by atoms with van der Waals surface area (Å²) in [6.07, 6.45) is 0.907. The van der Waals surface area contributed by atoms with E-state index in [4.69, 9.17) is 4.42 Å². The second-order valence-corrected chi connectivity index (χ2v) is 5.98. The van der Waals surface area contributed by atoms with Crippen molar-refractivity contribution in [3.8, 4) is 0 Å². The van der Waals surface area contributed by atoms with Crippen LogP contribution < -0.4 is 0 Å². The first-order chi connectivity index (χ1) is 11.2. The summed E-state index contributed by atoms with van der Waals surface area (Å²) in [5.41, 5.74) is 1.86. The molecule has 0 bridgehead atoms. The first kappa shape index (κ1) is 14.3. The number of oxazole rings is 1. The highest BCUT2D eigenvalue weighted by Crippen LogP contribution is 2.30. The molecule has 0 aliphatic carbocycles. The molecule has 1 atom stereocenters. The standard InChI is InChI=1S/C18H16F2N2O/c19-14-5-6-17-16(9-14)21-18(23-17)13-7-8-22(11-13)10-12-3-1-2-4-15(12)20/h1-6,9,13H,7-8,10-11H2. The number of likely N-dealkylation sites (tertiary alicyclic amines) is 1. The van der Waals surface area contributed by atoms with Crippen molar-refractivity contribution in [3.63, 3.8) is 0 Å². The lowest BCUT2D eigenvalue weighted by Gasteiger charge is -2.15. The van der Waals surface area contributed by atoms with Crippen LogP contribution in [-0.2, 0) is 6.54 Å². The molecule has 4 rings (SSSR count). The summed E-state index contributed by atoms with van der Waals surface area (Å²) in [6, 6.07) is 11.2. The molecule has 0 radical (unpaired) electrons. The van der Waals surface area contributed by atoms with Crippen molar-refractivity contribution in [1.82, 2.24) is 9.88 Å². The summed E-state index contributed by atoms with van der Waals surface area (Å²) < 4.78 is 32.7. The van der Waals surface area contributed by atoms with E-state index in [2.05, 4.69) is 9.88 Å². The van der Waals surface area contributed by atoms with E-state index in [1.54, 1.807) is 12.1 Å². The maximum absolute atomic E-state index is 13.7. The Bertz CT molecular complexity index is 846. The fourth-order valence-electron chi connectivity index (χ4n) is 3.14. The average Bonchev–Trinajstić information content (AvgIpc) is 3.15. The lowest BCUT2D eigenvalue weighted by Crippen LogP contribution is -2.20. The molecule has 3 aromatic rings. The Morgan fingerprint density at radius 2 is 2.04 bits per heavy atom. The molecule has 0 spiro atoms. The van der Waals surface area contributed by atoms with Crippen LogP contribution >= 0.6 is 0 Å². The van der Waals surface area contributed by atoms with Crippen LogP contribution in [0.1, 0.15) is 23.8 Å². The van der Waals surface area contributed by atoms with Crippen LogP contribution in [-0.4, -0.2) is 23.0 Å². The first-order valence-corrected chi connectivity index (χ1v) is 7.71. The zero-order chi connectivity index (χ0) is 15.8. The number of nitrogens with zero attached hydrogens (tertiary/aromatic N) is 2. The third kappa shape index (κ3) is 2.84. The van der Waals surface area contributed by atoms with Gasteiger partial charge in [-0.3, -0.25) is 4.90 Å². The predicted octanol–water partition coefficient (Wildman–Crippen LogP) is 4.10. The molecule has 2 aromatic carbocycles. The van der Waals surface area contributed by atoms with Gasteiger partial charge in [-0.1, -0.05) is 18.2 Å². The SMILES string of the molecule is Fc1ccc2oc(C3CCN(Cc4ccccc4F)C3)nc2c1. The fraction of sp³-hybridized carbons (Fsp3) is 0.278. The minimum absolute atomic E-state index is 0.164. The fourth-order valence-corrected chi connectivity index (χ4v) is 3.14. The van der Waals surface area contributed by atoms with Gasteiger partial charge in [0.25, 0.3) is 0 Å². The molecule has 23 heavy (non-hydrogen) atoms. The largest absolute Gasteiger partial charge is 0.440 e. The molecule has 1 aromatic heterocycles. The Hall–Kier alpha value is -2.27. The summed E-state index contributed by atoms with van der Waals surface area (Å²) in [5.74, 6) is 0.317. The summed E-state index contributed by atoms with van der Waals surface area (Å²) in [7, 11) is 0. The number of hydrogen-bond donors (Lipinski definition) is 0. The molecule has 118 valence electrons. The molecule has 0 N–H and O–H groups in total. The maximum atomic E-state index is 13.7. The number of aromatic nitrogens is 1. The van der Waals surface area contributed by atoms with Gasteiger partial charge < -0.3 is 4.42 Å². The molecule has 1 fully saturated rings. The highest BCUT2D eigenvalue weighted by molar-refractivity contribution is 5.72. The smallest absolute Gasteiger partial charge is 0.199 e. The van der Waals surface area contributed by atoms with Crippen molar-refractivity contribution in [3.05, 3.63) is 65.6 Å². The van der Waals surface area contributed by atoms with Crippen molar-refractivity contribution < 1.29 is 13.2 Å². The van der Waals surface area contributed by atoms with Gasteiger partial charge in [-0.25, -0.2) is 13.8 Å². The second kappa shape index (κ2) is 5.74. The van der Waals surface area contributed by atoms with Crippen molar-refractivity contribution in [1.29, 1.82) is 0 Å². The van der Waals surface area contributed by atoms with Gasteiger partial charge in [-0.15, -0.1) is 0 Å². The molecule has 1 aliphatic rings. The van der Waals surface area contributed by atoms with E-state index in [1.807, 2.05) is 12.1 Å². The third-order valence-corrected chi connectivity index (χ3v) is 4.34. The van der Waals surface area contributed by atoms with E-state index < -0.39 is 0 Å². The monoisotopic (exact) mass is 314 g/mol. The summed E-state index contributed by atoms with van der Waals surface area (Å²) in [6.45, 7) is 2.22. The predicted molar refractivity (Wildman–Crippen MR) is 83.0 cm³/mol. The Kier molecular flexibility index (Phi) is 3.58. The Morgan fingerprint density at radius 1 is 1.17 bits per heavy atom. The third-order valence-electron chi connectivity index (χ3n) is 4.34.